The van der Waals surface area contributed by atoms with Crippen molar-refractivity contribution < 1.29 is 23.9 Å². The molecule has 1 aromatic carbocycles. The number of ether oxygens (including phenoxy) is 2. The summed E-state index contributed by atoms with van der Waals surface area (Å²) in [4.78, 5) is 41.1. The number of hydrogen-bond donors (Lipinski definition) is 1. The van der Waals surface area contributed by atoms with Crippen LogP contribution in [0.1, 0.15) is 43.9 Å². The average molecular weight is 430 g/mol. The highest BCUT2D eigenvalue weighted by atomic mass is 16.6. The molecule has 8 heteroatoms. The lowest BCUT2D eigenvalue weighted by atomic mass is 9.86. The number of nitrogens with zero attached hydrogens (tertiary/aromatic N) is 2. The molecule has 2 amide bonds. The predicted molar refractivity (Wildman–Crippen MR) is 116 cm³/mol. The van der Waals surface area contributed by atoms with Crippen LogP contribution in [0, 0.1) is 5.41 Å². The molecule has 1 saturated heterocycles. The average Bonchev–Trinajstić information content (AvgIpc) is 3.35. The second-order valence-electron chi connectivity index (χ2n) is 9.16. The molecule has 2 aliphatic heterocycles. The Labute approximate surface area is 183 Å². The lowest BCUT2D eigenvalue weighted by Crippen LogP contribution is -2.53. The number of likely N-dealkylation sites (tertiary alicyclic amines) is 1. The summed E-state index contributed by atoms with van der Waals surface area (Å²) in [5.74, 6) is -0.900. The van der Waals surface area contributed by atoms with Crippen LogP contribution in [-0.2, 0) is 32.2 Å². The molecule has 8 nitrogen and oxygen atoms in total. The lowest BCUT2D eigenvalue weighted by molar-refractivity contribution is -0.152. The highest BCUT2D eigenvalue weighted by Crippen LogP contribution is 2.30. The first kappa shape index (κ1) is 22.8. The fourth-order valence-electron chi connectivity index (χ4n) is 4.02. The molecule has 0 radical (unpaired) electrons. The highest BCUT2D eigenvalue weighted by Gasteiger charge is 2.45. The minimum absolute atomic E-state index is 0.104. The third-order valence-corrected chi connectivity index (χ3v) is 5.98. The third kappa shape index (κ3) is 4.58. The van der Waals surface area contributed by atoms with E-state index in [4.69, 9.17) is 15.2 Å². The van der Waals surface area contributed by atoms with Gasteiger partial charge in [-0.2, -0.15) is 0 Å². The maximum Gasteiger partial charge on any atom is 0.410 e. The Morgan fingerprint density at radius 1 is 1.26 bits per heavy atom. The standard InChI is InChI=1S/C23H31N3O5/c1-6-14-8-7-9-15-11-25(13-17(14)15)22(29)31-16-10-18(21(28)30-5)26(12-16)20(27)19(24)23(2,3)4/h6-9,16,18-19H,1,10-13,24H2,2-5H3/t16-,18+,19-/m1/s1. The highest BCUT2D eigenvalue weighted by molar-refractivity contribution is 5.88. The Morgan fingerprint density at radius 3 is 2.58 bits per heavy atom. The van der Waals surface area contributed by atoms with Crippen LogP contribution >= 0.6 is 0 Å². The third-order valence-electron chi connectivity index (χ3n) is 5.98. The van der Waals surface area contributed by atoms with Crippen molar-refractivity contribution in [2.45, 2.75) is 58.5 Å². The molecule has 0 saturated carbocycles. The summed E-state index contributed by atoms with van der Waals surface area (Å²) < 4.78 is 10.6. The summed E-state index contributed by atoms with van der Waals surface area (Å²) in [5.41, 5.74) is 8.76. The van der Waals surface area contributed by atoms with Gasteiger partial charge in [-0.25, -0.2) is 9.59 Å². The van der Waals surface area contributed by atoms with E-state index in [1.165, 1.54) is 12.0 Å². The topological polar surface area (TPSA) is 102 Å². The van der Waals surface area contributed by atoms with Crippen molar-refractivity contribution in [1.29, 1.82) is 0 Å². The van der Waals surface area contributed by atoms with Gasteiger partial charge in [-0.15, -0.1) is 0 Å². The van der Waals surface area contributed by atoms with Gasteiger partial charge in [0.05, 0.1) is 26.2 Å². The molecule has 1 aromatic rings. The maximum atomic E-state index is 13.0. The number of methoxy groups -OCH3 is 1. The number of carbonyl (C=O) groups excluding carboxylic acids is 3. The van der Waals surface area contributed by atoms with E-state index in [1.54, 1.807) is 11.0 Å². The van der Waals surface area contributed by atoms with Crippen molar-refractivity contribution in [1.82, 2.24) is 9.80 Å². The largest absolute Gasteiger partial charge is 0.467 e. The van der Waals surface area contributed by atoms with Crippen molar-refractivity contribution >= 4 is 24.0 Å². The van der Waals surface area contributed by atoms with Crippen LogP contribution < -0.4 is 5.73 Å². The quantitative estimate of drug-likeness (QED) is 0.737. The molecule has 3 rings (SSSR count). The molecular formula is C23H31N3O5. The zero-order valence-electron chi connectivity index (χ0n) is 18.6. The second kappa shape index (κ2) is 8.70. The monoisotopic (exact) mass is 429 g/mol. The van der Waals surface area contributed by atoms with Gasteiger partial charge in [-0.1, -0.05) is 51.6 Å². The predicted octanol–water partition coefficient (Wildman–Crippen LogP) is 2.30. The first-order valence-electron chi connectivity index (χ1n) is 10.4. The van der Waals surface area contributed by atoms with E-state index in [0.717, 1.165) is 16.7 Å². The summed E-state index contributed by atoms with van der Waals surface area (Å²) in [6, 6.07) is 4.25. The fraction of sp³-hybridized carbons (Fsp3) is 0.522. The minimum Gasteiger partial charge on any atom is -0.467 e. The van der Waals surface area contributed by atoms with Gasteiger partial charge in [0.1, 0.15) is 12.1 Å². The Hall–Kier alpha value is -2.87. The molecule has 0 aromatic heterocycles. The van der Waals surface area contributed by atoms with Crippen LogP contribution in [0.15, 0.2) is 24.8 Å². The van der Waals surface area contributed by atoms with Gasteiger partial charge in [0.2, 0.25) is 5.91 Å². The number of fused-ring (bicyclic) bond motifs is 1. The van der Waals surface area contributed by atoms with Gasteiger partial charge >= 0.3 is 12.1 Å². The van der Waals surface area contributed by atoms with E-state index in [2.05, 4.69) is 6.58 Å². The zero-order chi connectivity index (χ0) is 22.9. The Morgan fingerprint density at radius 2 is 1.97 bits per heavy atom. The van der Waals surface area contributed by atoms with Gasteiger partial charge in [0, 0.05) is 13.0 Å². The number of nitrogens with two attached hydrogens (primary N) is 1. The van der Waals surface area contributed by atoms with Crippen LogP contribution in [0.2, 0.25) is 0 Å². The maximum absolute atomic E-state index is 13.0. The molecule has 0 bridgehead atoms. The number of hydrogen-bond acceptors (Lipinski definition) is 6. The summed E-state index contributed by atoms with van der Waals surface area (Å²) in [6.07, 6.45) is 0.859. The van der Waals surface area contributed by atoms with Gasteiger partial charge in [-0.05, 0) is 22.1 Å². The van der Waals surface area contributed by atoms with Crippen LogP contribution in [0.4, 0.5) is 4.79 Å². The van der Waals surface area contributed by atoms with Crippen molar-refractivity contribution in [2.24, 2.45) is 11.1 Å². The van der Waals surface area contributed by atoms with Crippen molar-refractivity contribution in [3.8, 4) is 0 Å². The lowest BCUT2D eigenvalue weighted by Gasteiger charge is -2.32. The molecule has 168 valence electrons. The number of benzene rings is 1. The van der Waals surface area contributed by atoms with Gasteiger partial charge in [0.25, 0.3) is 0 Å². The fourth-order valence-corrected chi connectivity index (χ4v) is 4.02. The smallest absolute Gasteiger partial charge is 0.410 e. The Kier molecular flexibility index (Phi) is 6.40. The summed E-state index contributed by atoms with van der Waals surface area (Å²) in [6.45, 7) is 10.4. The van der Waals surface area contributed by atoms with E-state index in [-0.39, 0.29) is 18.9 Å². The van der Waals surface area contributed by atoms with Crippen molar-refractivity contribution in [3.05, 3.63) is 41.5 Å². The molecular weight excluding hydrogens is 398 g/mol. The normalized spacial score (nSPS) is 21.5. The second-order valence-corrected chi connectivity index (χ2v) is 9.16. The number of rotatable bonds is 4. The molecule has 0 aliphatic carbocycles. The van der Waals surface area contributed by atoms with Crippen molar-refractivity contribution in [3.63, 3.8) is 0 Å². The first-order chi connectivity index (χ1) is 14.6. The molecule has 0 unspecified atom stereocenters. The van der Waals surface area contributed by atoms with Gasteiger partial charge in [0.15, 0.2) is 0 Å². The van der Waals surface area contributed by atoms with E-state index < -0.39 is 35.7 Å². The van der Waals surface area contributed by atoms with Gasteiger partial charge < -0.3 is 20.1 Å². The molecule has 0 spiro atoms. The Bertz CT molecular complexity index is 892. The van der Waals surface area contributed by atoms with E-state index in [1.807, 2.05) is 39.0 Å². The van der Waals surface area contributed by atoms with E-state index in [9.17, 15) is 14.4 Å². The van der Waals surface area contributed by atoms with E-state index in [0.29, 0.717) is 13.1 Å². The molecule has 2 N–H and O–H groups in total. The first-order valence-corrected chi connectivity index (χ1v) is 10.4. The van der Waals surface area contributed by atoms with Crippen LogP contribution in [-0.4, -0.2) is 59.6 Å². The molecule has 3 atom stereocenters. The Balaban J connectivity index is 1.69. The molecule has 31 heavy (non-hydrogen) atoms. The van der Waals surface area contributed by atoms with Crippen molar-refractivity contribution in [2.75, 3.05) is 13.7 Å². The summed E-state index contributed by atoms with van der Waals surface area (Å²) >= 11 is 0. The number of esters is 1. The number of amides is 2. The summed E-state index contributed by atoms with van der Waals surface area (Å²) in [5, 5.41) is 0. The van der Waals surface area contributed by atoms with Crippen LogP contribution in [0.25, 0.3) is 6.08 Å². The summed E-state index contributed by atoms with van der Waals surface area (Å²) in [7, 11) is 1.27. The molecule has 1 fully saturated rings. The van der Waals surface area contributed by atoms with Gasteiger partial charge in [-0.3, -0.25) is 9.69 Å². The van der Waals surface area contributed by atoms with Crippen LogP contribution in [0.5, 0.6) is 0 Å². The number of carbonyl (C=O) groups is 3. The van der Waals surface area contributed by atoms with Crippen LogP contribution in [0.3, 0.4) is 0 Å². The van der Waals surface area contributed by atoms with E-state index >= 15 is 0 Å². The molecule has 2 heterocycles. The molecule has 2 aliphatic rings. The minimum atomic E-state index is -0.827. The zero-order valence-corrected chi connectivity index (χ0v) is 18.6. The SMILES string of the molecule is C=Cc1cccc2c1CN(C(=O)O[C@@H]1C[C@@H](C(=O)OC)N(C(=O)[C@@H](N)C(C)(C)C)C1)C2.